The van der Waals surface area contributed by atoms with Gasteiger partial charge in [-0.2, -0.15) is 0 Å². The first-order valence-corrected chi connectivity index (χ1v) is 12.5. The lowest BCUT2D eigenvalue weighted by Gasteiger charge is -2.56. The van der Waals surface area contributed by atoms with Crippen LogP contribution >= 0.6 is 11.6 Å². The third-order valence-electron chi connectivity index (χ3n) is 6.48. The lowest BCUT2D eigenvalue weighted by molar-refractivity contribution is -0.00868. The minimum atomic E-state index is 0.313. The summed E-state index contributed by atoms with van der Waals surface area (Å²) in [6.45, 7) is 12.5. The topological polar surface area (TPSA) is 96.1 Å². The van der Waals surface area contributed by atoms with Crippen molar-refractivity contribution in [1.29, 1.82) is 0 Å². The van der Waals surface area contributed by atoms with Crippen LogP contribution in [-0.2, 0) is 6.54 Å². The number of nitrogens with zero attached hydrogens (tertiary/aromatic N) is 5. The maximum absolute atomic E-state index is 6.03. The van der Waals surface area contributed by atoms with Gasteiger partial charge in [-0.3, -0.25) is 9.89 Å². The van der Waals surface area contributed by atoms with Gasteiger partial charge in [0, 0.05) is 65.6 Å². The van der Waals surface area contributed by atoms with Gasteiger partial charge in [0.2, 0.25) is 0 Å². The van der Waals surface area contributed by atoms with E-state index in [9.17, 15) is 0 Å². The van der Waals surface area contributed by atoms with Crippen molar-refractivity contribution in [3.8, 4) is 0 Å². The molecule has 188 valence electrons. The molecule has 2 aromatic rings. The molecule has 1 aromatic heterocycles. The summed E-state index contributed by atoms with van der Waals surface area (Å²) in [6, 6.07) is 13.5. The highest BCUT2D eigenvalue weighted by Gasteiger charge is 2.44. The van der Waals surface area contributed by atoms with E-state index in [-0.39, 0.29) is 0 Å². The number of nitrogens with two attached hydrogens (primary N) is 2. The lowest BCUT2D eigenvalue weighted by atomic mass is 9.86. The van der Waals surface area contributed by atoms with Crippen LogP contribution < -0.4 is 16.4 Å². The van der Waals surface area contributed by atoms with Gasteiger partial charge in [0.05, 0.1) is 5.70 Å². The van der Waals surface area contributed by atoms with Crippen LogP contribution in [0.4, 0.5) is 5.82 Å². The van der Waals surface area contributed by atoms with Crippen LogP contribution in [0.2, 0.25) is 5.02 Å². The largest absolute Gasteiger partial charge is 0.402 e. The molecule has 1 aromatic carbocycles. The van der Waals surface area contributed by atoms with E-state index < -0.39 is 0 Å². The average molecular weight is 504 g/mol. The van der Waals surface area contributed by atoms with Crippen molar-refractivity contribution in [2.75, 3.05) is 18.0 Å². The minimum Gasteiger partial charge on any atom is -0.402 e. The third-order valence-corrected chi connectivity index (χ3v) is 6.73. The summed E-state index contributed by atoms with van der Waals surface area (Å²) in [5, 5.41) is 0.783. The summed E-state index contributed by atoms with van der Waals surface area (Å²) in [7, 11) is 0. The second-order valence-electron chi connectivity index (χ2n) is 9.55. The average Bonchev–Trinajstić information content (AvgIpc) is 2.82. The number of aromatic nitrogens is 1. The first-order chi connectivity index (χ1) is 17.2. The highest BCUT2D eigenvalue weighted by atomic mass is 35.5. The van der Waals surface area contributed by atoms with E-state index in [0.29, 0.717) is 29.3 Å². The Morgan fingerprint density at radius 2 is 1.75 bits per heavy atom. The van der Waals surface area contributed by atoms with E-state index in [2.05, 4.69) is 50.6 Å². The quantitative estimate of drug-likeness (QED) is 0.310. The predicted octanol–water partition coefficient (Wildman–Crippen LogP) is 4.64. The normalized spacial score (nSPS) is 21.4. The number of benzene rings is 1. The molecule has 36 heavy (non-hydrogen) atoms. The van der Waals surface area contributed by atoms with E-state index in [1.807, 2.05) is 32.2 Å². The third kappa shape index (κ3) is 6.42. The Balaban J connectivity index is 1.35. The predicted molar refractivity (Wildman–Crippen MR) is 150 cm³/mol. The summed E-state index contributed by atoms with van der Waals surface area (Å²) in [4.78, 5) is 18.6. The van der Waals surface area contributed by atoms with E-state index in [0.717, 1.165) is 47.4 Å². The Morgan fingerprint density at radius 1 is 1.06 bits per heavy atom. The van der Waals surface area contributed by atoms with Crippen LogP contribution in [0.3, 0.4) is 0 Å². The fourth-order valence-electron chi connectivity index (χ4n) is 4.79. The van der Waals surface area contributed by atoms with Crippen molar-refractivity contribution in [2.24, 2.45) is 21.5 Å². The molecule has 3 aliphatic rings. The number of fused-ring (bicyclic) bond motifs is 2. The summed E-state index contributed by atoms with van der Waals surface area (Å²) >= 11 is 6.03. The number of rotatable bonds is 8. The van der Waals surface area contributed by atoms with Gasteiger partial charge in [-0.15, -0.1) is 0 Å². The van der Waals surface area contributed by atoms with Crippen LogP contribution in [0.5, 0.6) is 0 Å². The Labute approximate surface area is 218 Å². The summed E-state index contributed by atoms with van der Waals surface area (Å²) in [5.74, 6) is 1.33. The Morgan fingerprint density at radius 3 is 2.36 bits per heavy atom. The van der Waals surface area contributed by atoms with Gasteiger partial charge in [-0.1, -0.05) is 30.3 Å². The monoisotopic (exact) mass is 503 g/mol. The Kier molecular flexibility index (Phi) is 7.91. The van der Waals surface area contributed by atoms with Gasteiger partial charge in [0.1, 0.15) is 11.7 Å². The molecule has 5 rings (SSSR count). The molecule has 3 fully saturated rings. The molecular formula is C28H34ClN7. The van der Waals surface area contributed by atoms with Gasteiger partial charge in [-0.05, 0) is 69.2 Å². The zero-order valence-corrected chi connectivity index (χ0v) is 21.9. The van der Waals surface area contributed by atoms with Crippen LogP contribution in [0.15, 0.2) is 88.4 Å². The second-order valence-corrected chi connectivity index (χ2v) is 9.99. The van der Waals surface area contributed by atoms with Crippen molar-refractivity contribution >= 4 is 29.0 Å². The summed E-state index contributed by atoms with van der Waals surface area (Å²) < 4.78 is 0. The molecule has 0 radical (unpaired) electrons. The highest BCUT2D eigenvalue weighted by Crippen LogP contribution is 2.35. The van der Waals surface area contributed by atoms with Crippen LogP contribution in [0.1, 0.15) is 38.3 Å². The Bertz CT molecular complexity index is 1210. The molecule has 0 saturated carbocycles. The van der Waals surface area contributed by atoms with Crippen molar-refractivity contribution in [1.82, 2.24) is 9.88 Å². The number of hydrogen-bond donors (Lipinski definition) is 2. The van der Waals surface area contributed by atoms with Crippen LogP contribution in [-0.4, -0.2) is 46.6 Å². The van der Waals surface area contributed by atoms with E-state index in [1.54, 1.807) is 19.1 Å². The highest BCUT2D eigenvalue weighted by molar-refractivity contribution is 6.30. The molecule has 2 bridgehead atoms. The Hall–Kier alpha value is -3.42. The number of amidine groups is 1. The SMILES string of the molecule is C=C(/C=C(/C)N=C(C)c1ccc(N2CC3CC(C2)N3Cc2ccc(Cl)cc2)nc1)N=C(N)/C=C(/C)N. The molecule has 4 N–H and O–H groups in total. The molecule has 7 nitrogen and oxygen atoms in total. The number of aliphatic imine (C=N–C) groups is 2. The minimum absolute atomic E-state index is 0.313. The number of halogens is 1. The number of allylic oxidation sites excluding steroid dienone is 3. The van der Waals surface area contributed by atoms with Gasteiger partial charge in [0.15, 0.2) is 0 Å². The van der Waals surface area contributed by atoms with Gasteiger partial charge < -0.3 is 16.4 Å². The fraction of sp³-hybridized carbons (Fsp3) is 0.321. The first kappa shape index (κ1) is 25.7. The number of pyridine rings is 1. The zero-order valence-electron chi connectivity index (χ0n) is 21.2. The molecule has 3 aliphatic heterocycles. The molecule has 4 heterocycles. The lowest BCUT2D eigenvalue weighted by Crippen LogP contribution is -2.68. The van der Waals surface area contributed by atoms with Crippen molar-refractivity contribution in [3.63, 3.8) is 0 Å². The maximum Gasteiger partial charge on any atom is 0.128 e. The molecule has 2 atom stereocenters. The van der Waals surface area contributed by atoms with Crippen molar-refractivity contribution < 1.29 is 0 Å². The number of piperidine rings is 1. The van der Waals surface area contributed by atoms with Crippen molar-refractivity contribution in [3.05, 3.63) is 94.6 Å². The summed E-state index contributed by atoms with van der Waals surface area (Å²) in [5.41, 5.74) is 16.5. The number of anilines is 1. The van der Waals surface area contributed by atoms with Gasteiger partial charge in [-0.25, -0.2) is 9.98 Å². The summed E-state index contributed by atoms with van der Waals surface area (Å²) in [6.07, 6.45) is 6.53. The van der Waals surface area contributed by atoms with Gasteiger partial charge >= 0.3 is 0 Å². The standard InChI is InChI=1S/C28H34ClN7/c1-18(30)11-27(31)34-20(3)12-19(2)33-21(4)23-7-10-28(32-14-23)35-16-25-13-26(17-35)36(25)15-22-5-8-24(29)9-6-22/h5-12,14,25-26H,3,13,15-17,30H2,1-2,4H3,(H2,31,34)/b18-11-,19-12-,33-21?. The zero-order chi connectivity index (χ0) is 25.8. The molecule has 0 spiro atoms. The van der Waals surface area contributed by atoms with Gasteiger partial charge in [0.25, 0.3) is 0 Å². The van der Waals surface area contributed by atoms with Crippen LogP contribution in [0, 0.1) is 0 Å². The van der Waals surface area contributed by atoms with E-state index in [4.69, 9.17) is 28.1 Å². The molecule has 0 aliphatic carbocycles. The molecule has 3 saturated heterocycles. The van der Waals surface area contributed by atoms with Crippen LogP contribution in [0.25, 0.3) is 0 Å². The molecule has 2 unspecified atom stereocenters. The van der Waals surface area contributed by atoms with E-state index >= 15 is 0 Å². The second kappa shape index (κ2) is 11.1. The fourth-order valence-corrected chi connectivity index (χ4v) is 4.91. The van der Waals surface area contributed by atoms with Crippen molar-refractivity contribution in [2.45, 2.75) is 45.8 Å². The maximum atomic E-state index is 6.03. The number of piperazine rings is 1. The smallest absolute Gasteiger partial charge is 0.128 e. The molecule has 0 amide bonds. The van der Waals surface area contributed by atoms with E-state index in [1.165, 1.54) is 12.0 Å². The number of hydrogen-bond acceptors (Lipinski definition) is 6. The molecule has 8 heteroatoms. The first-order valence-electron chi connectivity index (χ1n) is 12.1. The molecular weight excluding hydrogens is 470 g/mol.